The summed E-state index contributed by atoms with van der Waals surface area (Å²) in [4.78, 5) is 9.75. The summed E-state index contributed by atoms with van der Waals surface area (Å²) in [6.07, 6.45) is 0. The molecule has 0 saturated carbocycles. The standard InChI is InChI=1S/C8H8N6O4S2/c9-11-6-3-5(14(15)16)1-2-7(6)20(17,18)13-8-12-10-4-19-8/h1-4,11H,9H2,(H,12,13). The molecule has 0 atom stereocenters. The van der Waals surface area contributed by atoms with E-state index >= 15 is 0 Å². The number of nitrogens with one attached hydrogen (secondary N) is 2. The molecule has 0 spiro atoms. The Morgan fingerprint density at radius 2 is 2.15 bits per heavy atom. The first-order chi connectivity index (χ1) is 9.44. The number of nitrogens with zero attached hydrogens (tertiary/aromatic N) is 3. The molecule has 4 N–H and O–H groups in total. The molecule has 1 aromatic carbocycles. The Morgan fingerprint density at radius 3 is 2.70 bits per heavy atom. The molecule has 1 heterocycles. The normalized spacial score (nSPS) is 11.1. The first-order valence-electron chi connectivity index (χ1n) is 4.98. The number of benzene rings is 1. The zero-order valence-electron chi connectivity index (χ0n) is 9.68. The first-order valence-corrected chi connectivity index (χ1v) is 7.34. The molecule has 12 heteroatoms. The number of nitrogen functional groups attached to an aromatic ring is 1. The predicted octanol–water partition coefficient (Wildman–Crippen LogP) is 0.533. The molecule has 0 aliphatic carbocycles. The van der Waals surface area contributed by atoms with Crippen molar-refractivity contribution in [2.75, 3.05) is 10.1 Å². The second-order valence-corrected chi connectivity index (χ2v) is 5.92. The van der Waals surface area contributed by atoms with Gasteiger partial charge in [0.25, 0.3) is 15.7 Å². The number of aromatic nitrogens is 2. The molecule has 0 unspecified atom stereocenters. The number of anilines is 2. The Labute approximate surface area is 116 Å². The molecule has 10 nitrogen and oxygen atoms in total. The highest BCUT2D eigenvalue weighted by Gasteiger charge is 2.22. The van der Waals surface area contributed by atoms with E-state index in [9.17, 15) is 18.5 Å². The molecule has 0 aliphatic rings. The Morgan fingerprint density at radius 1 is 1.40 bits per heavy atom. The number of rotatable bonds is 5. The fraction of sp³-hybridized carbons (Fsp3) is 0. The Hall–Kier alpha value is -2.31. The smallest absolute Gasteiger partial charge is 0.271 e. The van der Waals surface area contributed by atoms with Crippen LogP contribution in [0.3, 0.4) is 0 Å². The van der Waals surface area contributed by atoms with Crippen molar-refractivity contribution in [3.8, 4) is 0 Å². The van der Waals surface area contributed by atoms with E-state index < -0.39 is 14.9 Å². The van der Waals surface area contributed by atoms with Gasteiger partial charge < -0.3 is 5.43 Å². The Bertz CT molecular complexity index is 729. The molecule has 0 bridgehead atoms. The van der Waals surface area contributed by atoms with E-state index in [1.807, 2.05) is 0 Å². The highest BCUT2D eigenvalue weighted by atomic mass is 32.2. The average Bonchev–Trinajstić information content (AvgIpc) is 2.89. The molecule has 2 aromatic rings. The van der Waals surface area contributed by atoms with Crippen LogP contribution in [0.4, 0.5) is 16.5 Å². The number of non-ortho nitro benzene ring substituents is 1. The van der Waals surface area contributed by atoms with Gasteiger partial charge in [-0.25, -0.2) is 8.42 Å². The van der Waals surface area contributed by atoms with Crippen LogP contribution in [-0.4, -0.2) is 23.5 Å². The van der Waals surface area contributed by atoms with Crippen molar-refractivity contribution < 1.29 is 13.3 Å². The minimum absolute atomic E-state index is 0.0753. The number of nitro benzene ring substituents is 1. The van der Waals surface area contributed by atoms with Crippen LogP contribution in [0.5, 0.6) is 0 Å². The average molecular weight is 316 g/mol. The number of nitro groups is 1. The van der Waals surface area contributed by atoms with Gasteiger partial charge in [-0.1, -0.05) is 11.3 Å². The zero-order chi connectivity index (χ0) is 14.8. The quantitative estimate of drug-likeness (QED) is 0.410. The van der Waals surface area contributed by atoms with Crippen LogP contribution in [-0.2, 0) is 10.0 Å². The summed E-state index contributed by atoms with van der Waals surface area (Å²) in [6.45, 7) is 0. The second-order valence-electron chi connectivity index (χ2n) is 3.43. The minimum Gasteiger partial charge on any atom is -0.323 e. The molecule has 2 rings (SSSR count). The van der Waals surface area contributed by atoms with Crippen LogP contribution in [0.25, 0.3) is 0 Å². The summed E-state index contributed by atoms with van der Waals surface area (Å²) < 4.78 is 26.4. The minimum atomic E-state index is -3.98. The van der Waals surface area contributed by atoms with E-state index in [0.29, 0.717) is 0 Å². The highest BCUT2D eigenvalue weighted by Crippen LogP contribution is 2.27. The zero-order valence-corrected chi connectivity index (χ0v) is 11.3. The summed E-state index contributed by atoms with van der Waals surface area (Å²) in [5.74, 6) is 5.20. The maximum atomic E-state index is 12.1. The number of hydrogen-bond donors (Lipinski definition) is 3. The summed E-state index contributed by atoms with van der Waals surface area (Å²) >= 11 is 0.994. The van der Waals surface area contributed by atoms with Crippen molar-refractivity contribution in [1.29, 1.82) is 0 Å². The van der Waals surface area contributed by atoms with E-state index in [1.165, 1.54) is 5.51 Å². The van der Waals surface area contributed by atoms with Crippen molar-refractivity contribution in [2.45, 2.75) is 4.90 Å². The van der Waals surface area contributed by atoms with Gasteiger partial charge in [0.1, 0.15) is 10.4 Å². The van der Waals surface area contributed by atoms with E-state index in [1.54, 1.807) is 0 Å². The second kappa shape index (κ2) is 5.36. The SMILES string of the molecule is NNc1cc([N+](=O)[O-])ccc1S(=O)(=O)Nc1nncs1. The largest absolute Gasteiger partial charge is 0.323 e. The van der Waals surface area contributed by atoms with Gasteiger partial charge in [-0.2, -0.15) is 0 Å². The van der Waals surface area contributed by atoms with E-state index in [0.717, 1.165) is 29.5 Å². The van der Waals surface area contributed by atoms with Crippen molar-refractivity contribution in [3.63, 3.8) is 0 Å². The predicted molar refractivity (Wildman–Crippen MR) is 71.6 cm³/mol. The van der Waals surface area contributed by atoms with Crippen molar-refractivity contribution >= 4 is 37.9 Å². The first kappa shape index (κ1) is 14.1. The van der Waals surface area contributed by atoms with E-state index in [2.05, 4.69) is 20.3 Å². The molecule has 20 heavy (non-hydrogen) atoms. The van der Waals surface area contributed by atoms with E-state index in [-0.39, 0.29) is 21.4 Å². The Balaban J connectivity index is 2.43. The van der Waals surface area contributed by atoms with Crippen LogP contribution in [0.1, 0.15) is 0 Å². The highest BCUT2D eigenvalue weighted by molar-refractivity contribution is 7.93. The fourth-order valence-electron chi connectivity index (χ4n) is 1.37. The number of nitrogens with two attached hydrogens (primary N) is 1. The third-order valence-corrected chi connectivity index (χ3v) is 4.33. The summed E-state index contributed by atoms with van der Waals surface area (Å²) in [7, 11) is -3.98. The van der Waals surface area contributed by atoms with Gasteiger partial charge in [-0.05, 0) is 6.07 Å². The van der Waals surface area contributed by atoms with Crippen molar-refractivity contribution in [2.24, 2.45) is 5.84 Å². The monoisotopic (exact) mass is 316 g/mol. The molecule has 1 aromatic heterocycles. The molecule has 0 radical (unpaired) electrons. The van der Waals surface area contributed by atoms with Crippen LogP contribution in [0.2, 0.25) is 0 Å². The van der Waals surface area contributed by atoms with Crippen LogP contribution in [0.15, 0.2) is 28.6 Å². The summed E-state index contributed by atoms with van der Waals surface area (Å²) in [5.41, 5.74) is 3.09. The van der Waals surface area contributed by atoms with Crippen molar-refractivity contribution in [1.82, 2.24) is 10.2 Å². The topological polar surface area (TPSA) is 153 Å². The number of hydrogen-bond acceptors (Lipinski definition) is 9. The van der Waals surface area contributed by atoms with Crippen LogP contribution >= 0.6 is 11.3 Å². The lowest BCUT2D eigenvalue weighted by atomic mass is 10.3. The van der Waals surface area contributed by atoms with Crippen LogP contribution < -0.4 is 16.0 Å². The lowest BCUT2D eigenvalue weighted by molar-refractivity contribution is -0.384. The maximum absolute atomic E-state index is 12.1. The van der Waals surface area contributed by atoms with Crippen molar-refractivity contribution in [3.05, 3.63) is 33.8 Å². The molecule has 0 aliphatic heterocycles. The van der Waals surface area contributed by atoms with Gasteiger partial charge >= 0.3 is 0 Å². The van der Waals surface area contributed by atoms with Gasteiger partial charge in [0, 0.05) is 12.1 Å². The summed E-state index contributed by atoms with van der Waals surface area (Å²) in [6, 6.07) is 3.17. The van der Waals surface area contributed by atoms with Gasteiger partial charge in [0.05, 0.1) is 10.6 Å². The van der Waals surface area contributed by atoms with Gasteiger partial charge in [0.2, 0.25) is 5.13 Å². The fourth-order valence-corrected chi connectivity index (χ4v) is 3.21. The van der Waals surface area contributed by atoms with Gasteiger partial charge in [-0.15, -0.1) is 10.2 Å². The van der Waals surface area contributed by atoms with E-state index in [4.69, 9.17) is 5.84 Å². The Kier molecular flexibility index (Phi) is 3.78. The third-order valence-electron chi connectivity index (χ3n) is 2.20. The number of hydrazine groups is 1. The third kappa shape index (κ3) is 2.81. The lowest BCUT2D eigenvalue weighted by Gasteiger charge is -2.09. The van der Waals surface area contributed by atoms with Gasteiger partial charge in [0.15, 0.2) is 0 Å². The lowest BCUT2D eigenvalue weighted by Crippen LogP contribution is -2.17. The maximum Gasteiger partial charge on any atom is 0.271 e. The molecule has 0 saturated heterocycles. The molecule has 0 amide bonds. The molecular weight excluding hydrogens is 308 g/mol. The molecule has 0 fully saturated rings. The van der Waals surface area contributed by atoms with Gasteiger partial charge in [-0.3, -0.25) is 20.7 Å². The number of sulfonamides is 1. The summed E-state index contributed by atoms with van der Waals surface area (Å²) in [5, 5.41) is 17.8. The molecule has 106 valence electrons. The molecular formula is C8H8N6O4S2. The van der Waals surface area contributed by atoms with Crippen LogP contribution in [0, 0.1) is 10.1 Å².